The molecule has 1 radical (unpaired) electrons. The van der Waals surface area contributed by atoms with Gasteiger partial charge in [0.25, 0.3) is 0 Å². The second-order valence-electron chi connectivity index (χ2n) is 6.56. The molecule has 0 unspecified atom stereocenters. The summed E-state index contributed by atoms with van der Waals surface area (Å²) in [4.78, 5) is 0. The minimum atomic E-state index is 0.645. The van der Waals surface area contributed by atoms with E-state index >= 15 is 0 Å². The fraction of sp³-hybridized carbons (Fsp3) is 0. The highest BCUT2D eigenvalue weighted by Crippen LogP contribution is 2.46. The van der Waals surface area contributed by atoms with Crippen LogP contribution in [0.4, 0.5) is 0 Å². The summed E-state index contributed by atoms with van der Waals surface area (Å²) in [6.07, 6.45) is 0. The molecule has 0 spiro atoms. The highest BCUT2D eigenvalue weighted by atomic mass is 32.1. The molecule has 0 aliphatic heterocycles. The SMILES string of the molecule is O[B]Oc1ccc2sc3c(ccc4c3sc3ccc5ccccc5c34)c2c1. The molecule has 0 saturated carbocycles. The number of rotatable bonds is 2. The molecule has 0 amide bonds. The zero-order valence-electron chi connectivity index (χ0n) is 14.1. The van der Waals surface area contributed by atoms with Crippen LogP contribution in [0.1, 0.15) is 0 Å². The van der Waals surface area contributed by atoms with E-state index in [1.807, 2.05) is 34.8 Å². The van der Waals surface area contributed by atoms with Crippen molar-refractivity contribution < 1.29 is 9.68 Å². The van der Waals surface area contributed by atoms with Crippen LogP contribution in [0.25, 0.3) is 51.1 Å². The Morgan fingerprint density at radius 2 is 1.48 bits per heavy atom. The van der Waals surface area contributed by atoms with Crippen LogP contribution in [0.2, 0.25) is 0 Å². The van der Waals surface area contributed by atoms with Crippen molar-refractivity contribution in [3.63, 3.8) is 0 Å². The fourth-order valence-corrected chi connectivity index (χ4v) is 6.49. The average Bonchev–Trinajstić information content (AvgIpc) is 3.26. The first kappa shape index (κ1) is 15.5. The molecule has 0 atom stereocenters. The van der Waals surface area contributed by atoms with Crippen molar-refractivity contribution in [2.24, 2.45) is 0 Å². The third-order valence-electron chi connectivity index (χ3n) is 5.13. The molecule has 2 aromatic heterocycles. The first-order valence-corrected chi connectivity index (χ1v) is 10.3. The summed E-state index contributed by atoms with van der Waals surface area (Å²) < 4.78 is 10.4. The van der Waals surface area contributed by atoms with Gasteiger partial charge in [-0.25, -0.2) is 0 Å². The normalized spacial score (nSPS) is 11.9. The van der Waals surface area contributed by atoms with Gasteiger partial charge in [-0.1, -0.05) is 42.5 Å². The fourth-order valence-electron chi connectivity index (χ4n) is 3.95. The van der Waals surface area contributed by atoms with Crippen LogP contribution >= 0.6 is 22.7 Å². The molecule has 4 aromatic carbocycles. The molecular weight excluding hydrogens is 371 g/mol. The Balaban J connectivity index is 1.76. The maximum atomic E-state index is 8.92. The zero-order chi connectivity index (χ0) is 18.0. The summed E-state index contributed by atoms with van der Waals surface area (Å²) in [6.45, 7) is 0. The van der Waals surface area contributed by atoms with E-state index in [1.165, 1.54) is 51.1 Å². The van der Waals surface area contributed by atoms with Gasteiger partial charge in [0.1, 0.15) is 5.75 Å². The molecule has 0 saturated heterocycles. The van der Waals surface area contributed by atoms with Crippen LogP contribution in [-0.2, 0) is 0 Å². The predicted octanol–water partition coefficient (Wildman–Crippen LogP) is 6.48. The summed E-state index contributed by atoms with van der Waals surface area (Å²) in [6, 6.07) is 23.5. The van der Waals surface area contributed by atoms with Crippen LogP contribution < -0.4 is 4.65 Å². The summed E-state index contributed by atoms with van der Waals surface area (Å²) in [5.74, 6) is 0.645. The molecule has 127 valence electrons. The van der Waals surface area contributed by atoms with Gasteiger partial charge in [0.2, 0.25) is 0 Å². The molecule has 5 heteroatoms. The highest BCUT2D eigenvalue weighted by Gasteiger charge is 2.15. The average molecular weight is 383 g/mol. The molecule has 0 aliphatic rings. The van der Waals surface area contributed by atoms with E-state index in [9.17, 15) is 0 Å². The van der Waals surface area contributed by atoms with Gasteiger partial charge in [0.05, 0.1) is 9.40 Å². The minimum Gasteiger partial charge on any atom is -0.537 e. The molecule has 0 aliphatic carbocycles. The molecule has 0 bridgehead atoms. The van der Waals surface area contributed by atoms with Crippen LogP contribution in [0.5, 0.6) is 5.75 Å². The Bertz CT molecular complexity index is 1500. The largest absolute Gasteiger partial charge is 0.569 e. The third kappa shape index (κ3) is 2.16. The first-order valence-electron chi connectivity index (χ1n) is 8.65. The number of hydrogen-bond acceptors (Lipinski definition) is 4. The number of benzene rings is 4. The second-order valence-corrected chi connectivity index (χ2v) is 8.67. The van der Waals surface area contributed by atoms with Gasteiger partial charge < -0.3 is 9.68 Å². The highest BCUT2D eigenvalue weighted by molar-refractivity contribution is 7.33. The third-order valence-corrected chi connectivity index (χ3v) is 7.65. The molecule has 6 aromatic rings. The van der Waals surface area contributed by atoms with Gasteiger partial charge in [-0.15, -0.1) is 22.7 Å². The van der Waals surface area contributed by atoms with E-state index in [0.717, 1.165) is 7.69 Å². The van der Waals surface area contributed by atoms with Crippen molar-refractivity contribution >= 4 is 81.5 Å². The summed E-state index contributed by atoms with van der Waals surface area (Å²) >= 11 is 3.69. The molecular formula is C22H12BO2S2. The lowest BCUT2D eigenvalue weighted by molar-refractivity contribution is 0.454. The van der Waals surface area contributed by atoms with Gasteiger partial charge in [-0.05, 0) is 35.0 Å². The van der Waals surface area contributed by atoms with Crippen molar-refractivity contribution in [3.8, 4) is 5.75 Å². The number of hydrogen-bond donors (Lipinski definition) is 1. The maximum absolute atomic E-state index is 8.92. The minimum absolute atomic E-state index is 0.645. The summed E-state index contributed by atoms with van der Waals surface area (Å²) in [5, 5.41) is 16.6. The van der Waals surface area contributed by atoms with Crippen molar-refractivity contribution in [2.75, 3.05) is 0 Å². The lowest BCUT2D eigenvalue weighted by Crippen LogP contribution is -1.98. The molecule has 2 nitrogen and oxygen atoms in total. The van der Waals surface area contributed by atoms with E-state index < -0.39 is 0 Å². The lowest BCUT2D eigenvalue weighted by Gasteiger charge is -2.01. The Hall–Kier alpha value is -2.60. The monoisotopic (exact) mass is 383 g/mol. The Morgan fingerprint density at radius 3 is 2.41 bits per heavy atom. The van der Waals surface area contributed by atoms with Crippen molar-refractivity contribution in [3.05, 3.63) is 66.7 Å². The topological polar surface area (TPSA) is 29.5 Å². The van der Waals surface area contributed by atoms with Crippen molar-refractivity contribution in [2.45, 2.75) is 0 Å². The van der Waals surface area contributed by atoms with Crippen LogP contribution in [0.15, 0.2) is 66.7 Å². The van der Waals surface area contributed by atoms with Crippen LogP contribution in [-0.4, -0.2) is 12.7 Å². The maximum Gasteiger partial charge on any atom is 0.569 e. The first-order chi connectivity index (χ1) is 13.3. The van der Waals surface area contributed by atoms with Crippen molar-refractivity contribution in [1.82, 2.24) is 0 Å². The molecule has 2 heterocycles. The quantitative estimate of drug-likeness (QED) is 0.347. The molecule has 0 fully saturated rings. The van der Waals surface area contributed by atoms with Gasteiger partial charge >= 0.3 is 7.69 Å². The number of fused-ring (bicyclic) bond motifs is 9. The van der Waals surface area contributed by atoms with Crippen LogP contribution in [0, 0.1) is 0 Å². The Morgan fingerprint density at radius 1 is 0.704 bits per heavy atom. The van der Waals surface area contributed by atoms with Gasteiger partial charge in [0.15, 0.2) is 0 Å². The van der Waals surface area contributed by atoms with E-state index in [0.29, 0.717) is 5.75 Å². The number of thiophene rings is 2. The van der Waals surface area contributed by atoms with Gasteiger partial charge in [-0.3, -0.25) is 0 Å². The molecule has 1 N–H and O–H groups in total. The standard InChI is InChI=1S/C22H12BO2S2/c24-23-25-13-6-10-18-17(11-13)15-7-8-16-20-14-4-2-1-3-12(14)5-9-19(20)27-22(16)21(15)26-18/h1-11,24H. The Labute approximate surface area is 163 Å². The molecule has 27 heavy (non-hydrogen) atoms. The van der Waals surface area contributed by atoms with E-state index in [1.54, 1.807) is 0 Å². The van der Waals surface area contributed by atoms with E-state index in [4.69, 9.17) is 9.68 Å². The van der Waals surface area contributed by atoms with Crippen molar-refractivity contribution in [1.29, 1.82) is 0 Å². The zero-order valence-corrected chi connectivity index (χ0v) is 15.7. The smallest absolute Gasteiger partial charge is 0.537 e. The summed E-state index contributed by atoms with van der Waals surface area (Å²) in [7, 11) is 0.727. The molecule has 6 rings (SSSR count). The van der Waals surface area contributed by atoms with E-state index in [-0.39, 0.29) is 0 Å². The lowest BCUT2D eigenvalue weighted by atomic mass is 10.0. The second kappa shape index (κ2) is 5.70. The summed E-state index contributed by atoms with van der Waals surface area (Å²) in [5.41, 5.74) is 0. The van der Waals surface area contributed by atoms with Crippen LogP contribution in [0.3, 0.4) is 0 Å². The van der Waals surface area contributed by atoms with E-state index in [2.05, 4.69) is 54.6 Å². The Kier molecular flexibility index (Phi) is 3.26. The van der Waals surface area contributed by atoms with Gasteiger partial charge in [-0.2, -0.15) is 0 Å². The van der Waals surface area contributed by atoms with Gasteiger partial charge in [0, 0.05) is 30.9 Å². The predicted molar refractivity (Wildman–Crippen MR) is 118 cm³/mol.